The lowest BCUT2D eigenvalue weighted by Gasteiger charge is -2.07. The van der Waals surface area contributed by atoms with Gasteiger partial charge < -0.3 is 20.6 Å². The Morgan fingerprint density at radius 1 is 1.50 bits per heavy atom. The smallest absolute Gasteiger partial charge is 0.352 e. The number of fused-ring (bicyclic) bond motifs is 1. The Morgan fingerprint density at radius 3 is 2.75 bits per heavy atom. The first-order valence-corrected chi connectivity index (χ1v) is 4.73. The van der Waals surface area contributed by atoms with Gasteiger partial charge in [-0.25, -0.2) is 4.79 Å². The number of aromatic nitrogens is 1. The number of hydrogen-bond donors (Lipinski definition) is 3. The van der Waals surface area contributed by atoms with Gasteiger partial charge in [0.05, 0.1) is 18.3 Å². The van der Waals surface area contributed by atoms with Gasteiger partial charge in [-0.05, 0) is 24.6 Å². The molecular formula is C11H12N2O3. The van der Waals surface area contributed by atoms with Crippen molar-refractivity contribution in [3.63, 3.8) is 0 Å². The fourth-order valence-corrected chi connectivity index (χ4v) is 1.81. The number of benzene rings is 1. The zero-order valence-electron chi connectivity index (χ0n) is 9.00. The highest BCUT2D eigenvalue weighted by molar-refractivity contribution is 5.99. The maximum absolute atomic E-state index is 10.9. The molecule has 0 aliphatic rings. The number of ether oxygens (including phenoxy) is 1. The number of nitrogen functional groups attached to an aromatic ring is 1. The molecule has 1 aromatic heterocycles. The Morgan fingerprint density at radius 2 is 2.19 bits per heavy atom. The van der Waals surface area contributed by atoms with E-state index in [0.717, 1.165) is 11.1 Å². The first kappa shape index (κ1) is 10.4. The van der Waals surface area contributed by atoms with E-state index in [1.165, 1.54) is 13.2 Å². The van der Waals surface area contributed by atoms with Crippen molar-refractivity contribution >= 4 is 22.6 Å². The minimum atomic E-state index is -1.00. The number of carboxylic acids is 1. The predicted octanol–water partition coefficient (Wildman–Crippen LogP) is 1.77. The maximum atomic E-state index is 10.9. The van der Waals surface area contributed by atoms with E-state index >= 15 is 0 Å². The summed E-state index contributed by atoms with van der Waals surface area (Å²) in [4.78, 5) is 13.7. The van der Waals surface area contributed by atoms with Crippen molar-refractivity contribution < 1.29 is 14.6 Å². The van der Waals surface area contributed by atoms with Crippen molar-refractivity contribution in [1.29, 1.82) is 0 Å². The quantitative estimate of drug-likeness (QED) is 0.673. The van der Waals surface area contributed by atoms with Gasteiger partial charge in [0.25, 0.3) is 0 Å². The van der Waals surface area contributed by atoms with Crippen LogP contribution in [0.15, 0.2) is 12.1 Å². The van der Waals surface area contributed by atoms with E-state index in [9.17, 15) is 4.79 Å². The zero-order valence-corrected chi connectivity index (χ0v) is 9.00. The average molecular weight is 220 g/mol. The summed E-state index contributed by atoms with van der Waals surface area (Å²) in [7, 11) is 1.51. The van der Waals surface area contributed by atoms with Crippen LogP contribution in [0, 0.1) is 6.92 Å². The molecular weight excluding hydrogens is 208 g/mol. The van der Waals surface area contributed by atoms with Crippen LogP contribution < -0.4 is 10.5 Å². The summed E-state index contributed by atoms with van der Waals surface area (Å²) in [5.41, 5.74) is 8.06. The molecule has 0 saturated carbocycles. The molecule has 0 fully saturated rings. The molecule has 0 saturated heterocycles. The number of aryl methyl sites for hydroxylation is 1. The number of anilines is 1. The van der Waals surface area contributed by atoms with Crippen molar-refractivity contribution in [2.24, 2.45) is 0 Å². The van der Waals surface area contributed by atoms with Crippen LogP contribution in [0.1, 0.15) is 16.1 Å². The van der Waals surface area contributed by atoms with Crippen LogP contribution in [0.3, 0.4) is 0 Å². The average Bonchev–Trinajstić information content (AvgIpc) is 2.63. The van der Waals surface area contributed by atoms with Crippen molar-refractivity contribution in [1.82, 2.24) is 4.98 Å². The molecule has 0 spiro atoms. The zero-order chi connectivity index (χ0) is 11.9. The first-order chi connectivity index (χ1) is 7.54. The van der Waals surface area contributed by atoms with Gasteiger partial charge in [-0.2, -0.15) is 0 Å². The molecule has 0 radical (unpaired) electrons. The molecule has 2 rings (SSSR count). The van der Waals surface area contributed by atoms with Gasteiger partial charge in [0.1, 0.15) is 5.69 Å². The number of nitrogens with one attached hydrogen (secondary N) is 1. The number of carbonyl (C=O) groups is 1. The van der Waals surface area contributed by atoms with E-state index in [0.29, 0.717) is 16.8 Å². The number of H-pyrrole nitrogens is 1. The normalized spacial score (nSPS) is 10.6. The standard InChI is InChI=1S/C11H12N2O3/c1-5-3-7(12)10(16-2)6-4-8(11(14)15)13-9(5)6/h3-4,13H,12H2,1-2H3,(H,14,15). The topological polar surface area (TPSA) is 88.3 Å². The molecule has 1 heterocycles. The lowest BCUT2D eigenvalue weighted by atomic mass is 10.1. The van der Waals surface area contributed by atoms with Gasteiger partial charge in [0, 0.05) is 5.39 Å². The number of aromatic amines is 1. The molecule has 16 heavy (non-hydrogen) atoms. The fraction of sp³-hybridized carbons (Fsp3) is 0.182. The van der Waals surface area contributed by atoms with E-state index in [2.05, 4.69) is 4.98 Å². The summed E-state index contributed by atoms with van der Waals surface area (Å²) < 4.78 is 5.17. The summed E-state index contributed by atoms with van der Waals surface area (Å²) in [6.45, 7) is 1.86. The van der Waals surface area contributed by atoms with E-state index in [1.54, 1.807) is 6.07 Å². The third-order valence-electron chi connectivity index (χ3n) is 2.53. The molecule has 5 heteroatoms. The highest BCUT2D eigenvalue weighted by Gasteiger charge is 2.14. The molecule has 2 aromatic rings. The summed E-state index contributed by atoms with van der Waals surface area (Å²) in [5, 5.41) is 9.60. The van der Waals surface area contributed by atoms with E-state index < -0.39 is 5.97 Å². The van der Waals surface area contributed by atoms with Crippen LogP contribution in [-0.4, -0.2) is 23.2 Å². The lowest BCUT2D eigenvalue weighted by molar-refractivity contribution is 0.0691. The third-order valence-corrected chi connectivity index (χ3v) is 2.53. The SMILES string of the molecule is COc1c(N)cc(C)c2[nH]c(C(=O)O)cc12. The molecule has 84 valence electrons. The lowest BCUT2D eigenvalue weighted by Crippen LogP contribution is -1.95. The third kappa shape index (κ3) is 1.37. The molecule has 1 aromatic carbocycles. The minimum absolute atomic E-state index is 0.127. The minimum Gasteiger partial charge on any atom is -0.494 e. The summed E-state index contributed by atoms with van der Waals surface area (Å²) in [6.07, 6.45) is 0. The van der Waals surface area contributed by atoms with Crippen LogP contribution in [0.5, 0.6) is 5.75 Å². The second-order valence-corrected chi connectivity index (χ2v) is 3.59. The summed E-state index contributed by atoms with van der Waals surface area (Å²) in [5.74, 6) is -0.499. The maximum Gasteiger partial charge on any atom is 0.352 e. The number of nitrogens with two attached hydrogens (primary N) is 1. The van der Waals surface area contributed by atoms with Crippen molar-refractivity contribution in [2.75, 3.05) is 12.8 Å². The number of methoxy groups -OCH3 is 1. The van der Waals surface area contributed by atoms with Gasteiger partial charge in [0.2, 0.25) is 0 Å². The number of aromatic carboxylic acids is 1. The second kappa shape index (κ2) is 3.44. The van der Waals surface area contributed by atoms with Gasteiger partial charge in [-0.3, -0.25) is 0 Å². The molecule has 0 atom stereocenters. The second-order valence-electron chi connectivity index (χ2n) is 3.59. The van der Waals surface area contributed by atoms with Crippen LogP contribution in [0.4, 0.5) is 5.69 Å². The van der Waals surface area contributed by atoms with Gasteiger partial charge in [-0.15, -0.1) is 0 Å². The van der Waals surface area contributed by atoms with Gasteiger partial charge in [-0.1, -0.05) is 0 Å². The highest BCUT2D eigenvalue weighted by Crippen LogP contribution is 2.34. The Hall–Kier alpha value is -2.17. The fourth-order valence-electron chi connectivity index (χ4n) is 1.81. The van der Waals surface area contributed by atoms with Crippen molar-refractivity contribution in [3.05, 3.63) is 23.4 Å². The van der Waals surface area contributed by atoms with Gasteiger partial charge in [0.15, 0.2) is 5.75 Å². The van der Waals surface area contributed by atoms with Crippen LogP contribution in [0.2, 0.25) is 0 Å². The number of rotatable bonds is 2. The molecule has 0 amide bonds. The monoisotopic (exact) mass is 220 g/mol. The molecule has 0 bridgehead atoms. The molecule has 5 nitrogen and oxygen atoms in total. The number of carboxylic acid groups (broad SMARTS) is 1. The Kier molecular flexibility index (Phi) is 2.23. The summed E-state index contributed by atoms with van der Waals surface area (Å²) in [6, 6.07) is 3.28. The van der Waals surface area contributed by atoms with Crippen molar-refractivity contribution in [2.45, 2.75) is 6.92 Å². The first-order valence-electron chi connectivity index (χ1n) is 4.73. The van der Waals surface area contributed by atoms with Crippen molar-refractivity contribution in [3.8, 4) is 5.75 Å². The van der Waals surface area contributed by atoms with Gasteiger partial charge >= 0.3 is 5.97 Å². The molecule has 0 aliphatic carbocycles. The molecule has 0 aliphatic heterocycles. The molecule has 4 N–H and O–H groups in total. The van der Waals surface area contributed by atoms with Crippen LogP contribution in [-0.2, 0) is 0 Å². The highest BCUT2D eigenvalue weighted by atomic mass is 16.5. The predicted molar refractivity (Wildman–Crippen MR) is 61.0 cm³/mol. The largest absolute Gasteiger partial charge is 0.494 e. The molecule has 0 unspecified atom stereocenters. The van der Waals surface area contributed by atoms with E-state index in [4.69, 9.17) is 15.6 Å². The van der Waals surface area contributed by atoms with E-state index in [-0.39, 0.29) is 5.69 Å². The Labute approximate surface area is 91.8 Å². The number of hydrogen-bond acceptors (Lipinski definition) is 3. The van der Waals surface area contributed by atoms with Crippen LogP contribution in [0.25, 0.3) is 10.9 Å². The van der Waals surface area contributed by atoms with E-state index in [1.807, 2.05) is 6.92 Å². The Balaban J connectivity index is 2.83. The Bertz CT molecular complexity index is 572. The summed E-state index contributed by atoms with van der Waals surface area (Å²) >= 11 is 0. The van der Waals surface area contributed by atoms with Crippen LogP contribution >= 0.6 is 0 Å².